The van der Waals surface area contributed by atoms with Crippen LogP contribution < -0.4 is 5.32 Å². The average molecular weight is 403 g/mol. The molecular weight excluding hydrogens is 372 g/mol. The molecule has 0 radical (unpaired) electrons. The first-order chi connectivity index (χ1) is 12.6. The Hall–Kier alpha value is -1.48. The molecule has 2 aliphatic heterocycles. The Morgan fingerprint density at radius 3 is 2.48 bits per heavy atom. The van der Waals surface area contributed by atoms with Crippen LogP contribution in [0.2, 0.25) is 0 Å². The molecule has 27 heavy (non-hydrogen) atoms. The molecule has 9 heteroatoms. The summed E-state index contributed by atoms with van der Waals surface area (Å²) in [7, 11) is 2.68. The van der Waals surface area contributed by atoms with E-state index in [1.807, 2.05) is 0 Å². The number of nitrogens with one attached hydrogen (secondary N) is 1. The number of thioether (sulfide) groups is 1. The molecule has 0 aromatic rings. The van der Waals surface area contributed by atoms with E-state index in [0.29, 0.717) is 25.1 Å². The van der Waals surface area contributed by atoms with Crippen molar-refractivity contribution in [3.63, 3.8) is 0 Å². The number of hydrogen-bond acceptors (Lipinski definition) is 8. The zero-order valence-electron chi connectivity index (χ0n) is 16.7. The molecule has 0 aromatic heterocycles. The molecule has 3 atom stereocenters. The number of piperidine rings is 1. The summed E-state index contributed by atoms with van der Waals surface area (Å²) < 4.78 is 15.4. The van der Waals surface area contributed by atoms with Crippen molar-refractivity contribution in [1.82, 2.24) is 10.2 Å². The SMILES string of the molecule is COC(=O)[C@H]1CSC(CC2(C(=O)OC)CCCCN2C(=O)OC(C)(C)C)N1. The summed E-state index contributed by atoms with van der Waals surface area (Å²) in [5.41, 5.74) is -1.77. The van der Waals surface area contributed by atoms with Gasteiger partial charge in [-0.1, -0.05) is 0 Å². The van der Waals surface area contributed by atoms with Crippen molar-refractivity contribution in [3.05, 3.63) is 0 Å². The molecule has 1 N–H and O–H groups in total. The van der Waals surface area contributed by atoms with Crippen LogP contribution >= 0.6 is 11.8 Å². The molecule has 154 valence electrons. The first-order valence-electron chi connectivity index (χ1n) is 9.17. The number of nitrogens with zero attached hydrogens (tertiary/aromatic N) is 1. The molecule has 0 aliphatic carbocycles. The lowest BCUT2D eigenvalue weighted by atomic mass is 9.83. The average Bonchev–Trinajstić information content (AvgIpc) is 3.07. The third kappa shape index (κ3) is 5.07. The van der Waals surface area contributed by atoms with E-state index in [0.717, 1.165) is 12.8 Å². The van der Waals surface area contributed by atoms with E-state index in [-0.39, 0.29) is 11.3 Å². The lowest BCUT2D eigenvalue weighted by molar-refractivity contribution is -0.158. The van der Waals surface area contributed by atoms with Crippen molar-refractivity contribution in [3.8, 4) is 0 Å². The molecule has 8 nitrogen and oxygen atoms in total. The zero-order chi connectivity index (χ0) is 20.2. The Bertz CT molecular complexity index is 579. The molecule has 0 saturated carbocycles. The topological polar surface area (TPSA) is 94.2 Å². The zero-order valence-corrected chi connectivity index (χ0v) is 17.5. The van der Waals surface area contributed by atoms with Gasteiger partial charge in [-0.2, -0.15) is 0 Å². The van der Waals surface area contributed by atoms with Gasteiger partial charge in [-0.05, 0) is 40.0 Å². The number of likely N-dealkylation sites (tertiary alicyclic amines) is 1. The lowest BCUT2D eigenvalue weighted by Gasteiger charge is -2.45. The largest absolute Gasteiger partial charge is 0.468 e. The third-order valence-electron chi connectivity index (χ3n) is 4.78. The van der Waals surface area contributed by atoms with Crippen LogP contribution in [0.5, 0.6) is 0 Å². The molecule has 2 unspecified atom stereocenters. The second-order valence-electron chi connectivity index (χ2n) is 7.88. The van der Waals surface area contributed by atoms with Crippen molar-refractivity contribution in [2.75, 3.05) is 26.5 Å². The van der Waals surface area contributed by atoms with Crippen molar-refractivity contribution < 1.29 is 28.6 Å². The van der Waals surface area contributed by atoms with Crippen molar-refractivity contribution in [2.24, 2.45) is 0 Å². The van der Waals surface area contributed by atoms with Gasteiger partial charge < -0.3 is 14.2 Å². The van der Waals surface area contributed by atoms with Gasteiger partial charge in [-0.25, -0.2) is 9.59 Å². The highest BCUT2D eigenvalue weighted by Gasteiger charge is 2.52. The van der Waals surface area contributed by atoms with E-state index in [1.165, 1.54) is 19.1 Å². The summed E-state index contributed by atoms with van der Waals surface area (Å²) in [6, 6.07) is -0.418. The molecule has 0 bridgehead atoms. The van der Waals surface area contributed by atoms with Gasteiger partial charge in [-0.15, -0.1) is 11.8 Å². The fourth-order valence-corrected chi connectivity index (χ4v) is 4.86. The number of carbonyl (C=O) groups is 3. The Balaban J connectivity index is 2.23. The van der Waals surface area contributed by atoms with Gasteiger partial charge in [0.1, 0.15) is 17.2 Å². The maximum Gasteiger partial charge on any atom is 0.411 e. The van der Waals surface area contributed by atoms with Gasteiger partial charge >= 0.3 is 18.0 Å². The number of hydrogen-bond donors (Lipinski definition) is 1. The fourth-order valence-electron chi connectivity index (χ4n) is 3.55. The van der Waals surface area contributed by atoms with Crippen LogP contribution in [0, 0.1) is 0 Å². The Labute approximate surface area is 164 Å². The molecular formula is C18H30N2O6S. The van der Waals surface area contributed by atoms with Crippen LogP contribution in [0.4, 0.5) is 4.79 Å². The van der Waals surface area contributed by atoms with Crippen LogP contribution in [-0.4, -0.2) is 72.0 Å². The standard InChI is InChI=1S/C18H30N2O6S/c1-17(2,3)26-16(23)20-9-7-6-8-18(20,15(22)25-5)10-13-19-12(11-27-13)14(21)24-4/h12-13,19H,6-11H2,1-5H3/t12-,13?,18?/m1/s1. The molecule has 1 amide bonds. The van der Waals surface area contributed by atoms with E-state index in [9.17, 15) is 14.4 Å². The number of methoxy groups -OCH3 is 2. The molecule has 2 aliphatic rings. The van der Waals surface area contributed by atoms with Gasteiger partial charge in [0, 0.05) is 18.7 Å². The van der Waals surface area contributed by atoms with Crippen LogP contribution in [0.15, 0.2) is 0 Å². The van der Waals surface area contributed by atoms with Crippen molar-refractivity contribution in [2.45, 2.75) is 69.0 Å². The highest BCUT2D eigenvalue weighted by molar-refractivity contribution is 8.00. The quantitative estimate of drug-likeness (QED) is 0.563. The summed E-state index contributed by atoms with van der Waals surface area (Å²) in [5.74, 6) is -0.220. The van der Waals surface area contributed by atoms with Gasteiger partial charge in [0.2, 0.25) is 0 Å². The molecule has 0 spiro atoms. The van der Waals surface area contributed by atoms with Gasteiger partial charge in [0.05, 0.1) is 19.6 Å². The Morgan fingerprint density at radius 1 is 1.19 bits per heavy atom. The first kappa shape index (κ1) is 21.8. The van der Waals surface area contributed by atoms with Crippen molar-refractivity contribution in [1.29, 1.82) is 0 Å². The van der Waals surface area contributed by atoms with Gasteiger partial charge in [0.15, 0.2) is 0 Å². The van der Waals surface area contributed by atoms with Crippen LogP contribution in [0.1, 0.15) is 46.5 Å². The predicted molar refractivity (Wildman–Crippen MR) is 101 cm³/mol. The number of carbonyl (C=O) groups excluding carboxylic acids is 3. The van der Waals surface area contributed by atoms with E-state index in [2.05, 4.69) is 5.32 Å². The van der Waals surface area contributed by atoms with Gasteiger partial charge in [0.25, 0.3) is 0 Å². The van der Waals surface area contributed by atoms with Crippen LogP contribution in [0.3, 0.4) is 0 Å². The highest BCUT2D eigenvalue weighted by Crippen LogP contribution is 2.38. The first-order valence-corrected chi connectivity index (χ1v) is 10.2. The smallest absolute Gasteiger partial charge is 0.411 e. The number of amides is 1. The molecule has 2 fully saturated rings. The second kappa shape index (κ2) is 8.68. The van der Waals surface area contributed by atoms with E-state index < -0.39 is 29.2 Å². The lowest BCUT2D eigenvalue weighted by Crippen LogP contribution is -2.62. The van der Waals surface area contributed by atoms with Crippen LogP contribution in [-0.2, 0) is 23.8 Å². The number of ether oxygens (including phenoxy) is 3. The summed E-state index contributed by atoms with van der Waals surface area (Å²) in [6.45, 7) is 5.82. The van der Waals surface area contributed by atoms with Gasteiger partial charge in [-0.3, -0.25) is 15.0 Å². The maximum absolute atomic E-state index is 12.8. The molecule has 2 rings (SSSR count). The fraction of sp³-hybridized carbons (Fsp3) is 0.833. The number of esters is 2. The van der Waals surface area contributed by atoms with E-state index in [4.69, 9.17) is 14.2 Å². The van der Waals surface area contributed by atoms with E-state index >= 15 is 0 Å². The minimum Gasteiger partial charge on any atom is -0.468 e. The maximum atomic E-state index is 12.8. The summed E-state index contributed by atoms with van der Waals surface area (Å²) in [6.07, 6.45) is 1.94. The molecule has 2 heterocycles. The minimum absolute atomic E-state index is 0.170. The van der Waals surface area contributed by atoms with Crippen LogP contribution in [0.25, 0.3) is 0 Å². The summed E-state index contributed by atoms with van der Waals surface area (Å²) in [5, 5.41) is 3.03. The normalized spacial score (nSPS) is 28.6. The minimum atomic E-state index is -1.11. The predicted octanol–water partition coefficient (Wildman–Crippen LogP) is 1.91. The Kier molecular flexibility index (Phi) is 7.02. The second-order valence-corrected chi connectivity index (χ2v) is 9.12. The highest BCUT2D eigenvalue weighted by atomic mass is 32.2. The van der Waals surface area contributed by atoms with E-state index in [1.54, 1.807) is 32.5 Å². The monoisotopic (exact) mass is 402 g/mol. The molecule has 2 saturated heterocycles. The molecule has 0 aromatic carbocycles. The van der Waals surface area contributed by atoms with Crippen molar-refractivity contribution >= 4 is 29.8 Å². The summed E-state index contributed by atoms with van der Waals surface area (Å²) >= 11 is 1.54. The summed E-state index contributed by atoms with van der Waals surface area (Å²) in [4.78, 5) is 39.0. The Morgan fingerprint density at radius 2 is 1.89 bits per heavy atom. The third-order valence-corrected chi connectivity index (χ3v) is 6.01. The number of rotatable bonds is 4.